The second-order valence-corrected chi connectivity index (χ2v) is 10.5. The average Bonchev–Trinajstić information content (AvgIpc) is 3.49. The number of anilines is 1. The molecule has 3 atom stereocenters. The maximum Gasteiger partial charge on any atom is 0.410 e. The van der Waals surface area contributed by atoms with Crippen LogP contribution in [0.1, 0.15) is 53.3 Å². The summed E-state index contributed by atoms with van der Waals surface area (Å²) < 4.78 is 15.6. The van der Waals surface area contributed by atoms with E-state index >= 15 is 0 Å². The summed E-state index contributed by atoms with van der Waals surface area (Å²) in [7, 11) is 0. The van der Waals surface area contributed by atoms with Gasteiger partial charge in [0.2, 0.25) is 0 Å². The van der Waals surface area contributed by atoms with Crippen molar-refractivity contribution >= 4 is 28.9 Å². The van der Waals surface area contributed by atoms with Crippen molar-refractivity contribution in [3.05, 3.63) is 12.2 Å². The topological polar surface area (TPSA) is 103 Å². The van der Waals surface area contributed by atoms with Gasteiger partial charge in [-0.15, -0.1) is 10.2 Å². The Morgan fingerprint density at radius 2 is 2.00 bits per heavy atom. The zero-order chi connectivity index (χ0) is 24.2. The van der Waals surface area contributed by atoms with Gasteiger partial charge in [0.15, 0.2) is 11.5 Å². The fraction of sp³-hybridized carbons (Fsp3) is 0.696. The molecule has 0 radical (unpaired) electrons. The van der Waals surface area contributed by atoms with Gasteiger partial charge in [-0.25, -0.2) is 14.2 Å². The van der Waals surface area contributed by atoms with Gasteiger partial charge < -0.3 is 23.8 Å². The Labute approximate surface area is 199 Å². The van der Waals surface area contributed by atoms with Gasteiger partial charge in [-0.1, -0.05) is 0 Å². The fourth-order valence-corrected chi connectivity index (χ4v) is 4.96. The number of carbonyl (C=O) groups is 1. The molecule has 0 aliphatic carbocycles. The molecule has 0 N–H and O–H groups in total. The smallest absolute Gasteiger partial charge is 0.410 e. The number of hydrogen-bond acceptors (Lipinski definition) is 8. The van der Waals surface area contributed by atoms with Crippen LogP contribution in [-0.4, -0.2) is 83.6 Å². The SMILES string of the molecule is Cc1nc2c(N3C[C@@H](C)N(C(=O)OC(C)(C)C)C[C@@H]3C)nc3nncn3c2n1C[C@@H]1CCCO1. The zero-order valence-electron chi connectivity index (χ0n) is 20.9. The number of hydrogen-bond donors (Lipinski definition) is 0. The highest BCUT2D eigenvalue weighted by Crippen LogP contribution is 2.31. The third-order valence-electron chi connectivity index (χ3n) is 6.60. The number of fused-ring (bicyclic) bond motifs is 3. The number of nitrogens with zero attached hydrogens (tertiary/aromatic N) is 8. The molecule has 0 saturated carbocycles. The van der Waals surface area contributed by atoms with Crippen LogP contribution in [0, 0.1) is 6.92 Å². The van der Waals surface area contributed by atoms with Gasteiger partial charge >= 0.3 is 6.09 Å². The summed E-state index contributed by atoms with van der Waals surface area (Å²) >= 11 is 0. The van der Waals surface area contributed by atoms with Crippen LogP contribution in [0.2, 0.25) is 0 Å². The molecule has 184 valence electrons. The Hall–Kier alpha value is -2.95. The van der Waals surface area contributed by atoms with Crippen LogP contribution < -0.4 is 4.90 Å². The Kier molecular flexibility index (Phi) is 5.62. The zero-order valence-corrected chi connectivity index (χ0v) is 20.9. The Morgan fingerprint density at radius 3 is 2.71 bits per heavy atom. The molecule has 34 heavy (non-hydrogen) atoms. The molecule has 1 amide bonds. The molecule has 5 heterocycles. The highest BCUT2D eigenvalue weighted by molar-refractivity contribution is 5.87. The normalized spacial score (nSPS) is 23.9. The summed E-state index contributed by atoms with van der Waals surface area (Å²) in [4.78, 5) is 26.6. The second kappa shape index (κ2) is 8.37. The highest BCUT2D eigenvalue weighted by atomic mass is 16.6. The van der Waals surface area contributed by atoms with Crippen molar-refractivity contribution in [2.24, 2.45) is 0 Å². The number of aryl methyl sites for hydroxylation is 1. The number of aromatic nitrogens is 6. The van der Waals surface area contributed by atoms with Gasteiger partial charge in [-0.05, 0) is 54.4 Å². The molecular weight excluding hydrogens is 436 g/mol. The van der Waals surface area contributed by atoms with Crippen LogP contribution in [0.4, 0.5) is 10.6 Å². The number of imidazole rings is 1. The quantitative estimate of drug-likeness (QED) is 0.576. The molecular formula is C23H34N8O3. The summed E-state index contributed by atoms with van der Waals surface area (Å²) in [5, 5.41) is 8.37. The van der Waals surface area contributed by atoms with Gasteiger partial charge in [0.05, 0.1) is 12.6 Å². The van der Waals surface area contributed by atoms with E-state index in [1.54, 1.807) is 11.2 Å². The van der Waals surface area contributed by atoms with Gasteiger partial charge in [0.1, 0.15) is 23.3 Å². The lowest BCUT2D eigenvalue weighted by Gasteiger charge is -2.44. The number of amides is 1. The molecule has 2 aliphatic rings. The van der Waals surface area contributed by atoms with Crippen molar-refractivity contribution in [2.75, 3.05) is 24.6 Å². The minimum Gasteiger partial charge on any atom is -0.444 e. The molecule has 0 spiro atoms. The van der Waals surface area contributed by atoms with Gasteiger partial charge in [-0.2, -0.15) is 4.98 Å². The first-order valence-corrected chi connectivity index (χ1v) is 12.1. The van der Waals surface area contributed by atoms with Crippen LogP contribution in [0.5, 0.6) is 0 Å². The summed E-state index contributed by atoms with van der Waals surface area (Å²) in [5.74, 6) is 2.21. The first-order valence-electron chi connectivity index (χ1n) is 12.1. The molecule has 3 aromatic rings. The lowest BCUT2D eigenvalue weighted by atomic mass is 10.1. The second-order valence-electron chi connectivity index (χ2n) is 10.5. The number of ether oxygens (including phenoxy) is 2. The van der Waals surface area contributed by atoms with Gasteiger partial charge in [0.25, 0.3) is 5.78 Å². The van der Waals surface area contributed by atoms with E-state index in [2.05, 4.69) is 26.6 Å². The van der Waals surface area contributed by atoms with Crippen molar-refractivity contribution in [1.29, 1.82) is 0 Å². The first kappa shape index (κ1) is 22.8. The monoisotopic (exact) mass is 470 g/mol. The maximum absolute atomic E-state index is 12.8. The Balaban J connectivity index is 1.52. The number of piperazine rings is 1. The van der Waals surface area contributed by atoms with Crippen molar-refractivity contribution in [2.45, 2.75) is 84.7 Å². The molecule has 0 unspecified atom stereocenters. The number of carbonyl (C=O) groups excluding carboxylic acids is 1. The third-order valence-corrected chi connectivity index (χ3v) is 6.60. The summed E-state index contributed by atoms with van der Waals surface area (Å²) in [5.41, 5.74) is 1.21. The highest BCUT2D eigenvalue weighted by Gasteiger charge is 2.36. The minimum atomic E-state index is -0.531. The van der Waals surface area contributed by atoms with E-state index in [9.17, 15) is 4.79 Å². The predicted molar refractivity (Wildman–Crippen MR) is 127 cm³/mol. The molecule has 0 aromatic carbocycles. The van der Waals surface area contributed by atoms with E-state index in [-0.39, 0.29) is 24.3 Å². The van der Waals surface area contributed by atoms with E-state index in [1.807, 2.05) is 39.0 Å². The maximum atomic E-state index is 12.8. The van der Waals surface area contributed by atoms with E-state index in [1.165, 1.54) is 0 Å². The molecule has 3 aromatic heterocycles. The van der Waals surface area contributed by atoms with Crippen LogP contribution in [0.3, 0.4) is 0 Å². The van der Waals surface area contributed by atoms with E-state index in [0.717, 1.165) is 48.8 Å². The van der Waals surface area contributed by atoms with Crippen molar-refractivity contribution < 1.29 is 14.3 Å². The molecule has 0 bridgehead atoms. The molecule has 2 saturated heterocycles. The van der Waals surface area contributed by atoms with Crippen LogP contribution >= 0.6 is 0 Å². The van der Waals surface area contributed by atoms with Gasteiger partial charge in [-0.3, -0.25) is 0 Å². The number of rotatable bonds is 3. The third kappa shape index (κ3) is 4.06. The van der Waals surface area contributed by atoms with Gasteiger partial charge in [0, 0.05) is 31.8 Å². The summed E-state index contributed by atoms with van der Waals surface area (Å²) in [6.45, 7) is 14.5. The first-order chi connectivity index (χ1) is 16.1. The van der Waals surface area contributed by atoms with E-state index < -0.39 is 5.60 Å². The molecule has 11 heteroatoms. The Bertz CT molecular complexity index is 1210. The molecule has 2 fully saturated rings. The Morgan fingerprint density at radius 1 is 1.21 bits per heavy atom. The van der Waals surface area contributed by atoms with Crippen molar-refractivity contribution in [3.63, 3.8) is 0 Å². The minimum absolute atomic E-state index is 0.0217. The fourth-order valence-electron chi connectivity index (χ4n) is 4.96. The molecule has 5 rings (SSSR count). The standard InChI is InChI=1S/C23H34N8O3/c1-14-11-29(22(32)34-23(4,5)6)15(2)10-28(14)19-18-20(31-13-24-27-21(31)26-19)30(16(3)25-18)12-17-8-7-9-33-17/h13-15,17H,7-12H2,1-6H3/t14-,15+,17-/m0/s1. The summed E-state index contributed by atoms with van der Waals surface area (Å²) in [6, 6.07) is -0.0273. The largest absolute Gasteiger partial charge is 0.444 e. The van der Waals surface area contributed by atoms with E-state index in [4.69, 9.17) is 19.4 Å². The molecule has 11 nitrogen and oxygen atoms in total. The molecule has 2 aliphatic heterocycles. The lowest BCUT2D eigenvalue weighted by Crippen LogP contribution is -2.59. The van der Waals surface area contributed by atoms with Crippen molar-refractivity contribution in [1.82, 2.24) is 34.0 Å². The predicted octanol–water partition coefficient (Wildman–Crippen LogP) is 2.80. The van der Waals surface area contributed by atoms with Crippen LogP contribution in [-0.2, 0) is 16.0 Å². The average molecular weight is 471 g/mol. The summed E-state index contributed by atoms with van der Waals surface area (Å²) in [6.07, 6.45) is 3.71. The van der Waals surface area contributed by atoms with Crippen molar-refractivity contribution in [3.8, 4) is 0 Å². The van der Waals surface area contributed by atoms with E-state index in [0.29, 0.717) is 18.9 Å². The lowest BCUT2D eigenvalue weighted by molar-refractivity contribution is 0.0130. The van der Waals surface area contributed by atoms with Crippen LogP contribution in [0.15, 0.2) is 6.33 Å². The van der Waals surface area contributed by atoms with Crippen LogP contribution in [0.25, 0.3) is 16.9 Å².